The van der Waals surface area contributed by atoms with E-state index in [1.165, 1.54) is 29.5 Å². The quantitative estimate of drug-likeness (QED) is 0.795. The Kier molecular flexibility index (Phi) is 2.77. The van der Waals surface area contributed by atoms with Crippen LogP contribution in [0.4, 0.5) is 0 Å². The molecule has 1 N–H and O–H groups in total. The van der Waals surface area contributed by atoms with E-state index in [1.807, 2.05) is 0 Å². The first-order valence-electron chi connectivity index (χ1n) is 6.40. The zero-order chi connectivity index (χ0) is 11.8. The minimum absolute atomic E-state index is 0.253. The number of aryl methyl sites for hydroxylation is 1. The molecule has 0 radical (unpaired) electrons. The van der Waals surface area contributed by atoms with Gasteiger partial charge in [-0.25, -0.2) is 0 Å². The summed E-state index contributed by atoms with van der Waals surface area (Å²) in [6.07, 6.45) is 4.67. The fourth-order valence-electron chi connectivity index (χ4n) is 3.22. The van der Waals surface area contributed by atoms with Crippen LogP contribution in [0, 0.1) is 5.92 Å². The lowest BCUT2D eigenvalue weighted by molar-refractivity contribution is 0.177. The maximum absolute atomic E-state index is 9.38. The fourth-order valence-corrected chi connectivity index (χ4v) is 3.22. The maximum atomic E-state index is 9.38. The van der Waals surface area contributed by atoms with Gasteiger partial charge in [-0.05, 0) is 36.6 Å². The van der Waals surface area contributed by atoms with Gasteiger partial charge in [0.1, 0.15) is 0 Å². The van der Waals surface area contributed by atoms with Crippen LogP contribution in [0.1, 0.15) is 17.5 Å². The molecule has 0 fully saturated rings. The molecule has 0 amide bonds. The van der Waals surface area contributed by atoms with Gasteiger partial charge in [0.25, 0.3) is 0 Å². The van der Waals surface area contributed by atoms with Gasteiger partial charge < -0.3 is 5.11 Å². The SMILES string of the molecule is CN1C[C@H](CO)C=C2c3ccccc3CC[C@H]21. The third-order valence-corrected chi connectivity index (χ3v) is 4.08. The average molecular weight is 229 g/mol. The van der Waals surface area contributed by atoms with Crippen molar-refractivity contribution in [3.63, 3.8) is 0 Å². The summed E-state index contributed by atoms with van der Waals surface area (Å²) in [5.41, 5.74) is 4.29. The van der Waals surface area contributed by atoms with Crippen molar-refractivity contribution in [3.05, 3.63) is 41.5 Å². The van der Waals surface area contributed by atoms with Crippen LogP contribution in [0.15, 0.2) is 30.3 Å². The Labute approximate surface area is 103 Å². The molecule has 0 unspecified atom stereocenters. The van der Waals surface area contributed by atoms with Gasteiger partial charge in [0, 0.05) is 18.5 Å². The highest BCUT2D eigenvalue weighted by Gasteiger charge is 2.31. The second-order valence-corrected chi connectivity index (χ2v) is 5.22. The summed E-state index contributed by atoms with van der Waals surface area (Å²) in [7, 11) is 2.17. The van der Waals surface area contributed by atoms with Crippen molar-refractivity contribution >= 4 is 5.57 Å². The molecule has 1 aromatic carbocycles. The summed E-state index contributed by atoms with van der Waals surface area (Å²) in [6.45, 7) is 1.23. The number of aliphatic hydroxyl groups is 1. The molecule has 2 atom stereocenters. The van der Waals surface area contributed by atoms with Gasteiger partial charge in [-0.1, -0.05) is 30.3 Å². The predicted octanol–water partition coefficient (Wildman–Crippen LogP) is 1.94. The van der Waals surface area contributed by atoms with Crippen molar-refractivity contribution in [2.45, 2.75) is 18.9 Å². The van der Waals surface area contributed by atoms with E-state index in [4.69, 9.17) is 0 Å². The number of aliphatic hydroxyl groups excluding tert-OH is 1. The van der Waals surface area contributed by atoms with Crippen LogP contribution in [0.3, 0.4) is 0 Å². The zero-order valence-electron chi connectivity index (χ0n) is 10.3. The van der Waals surface area contributed by atoms with Crippen molar-refractivity contribution in [1.29, 1.82) is 0 Å². The largest absolute Gasteiger partial charge is 0.396 e. The third-order valence-electron chi connectivity index (χ3n) is 4.08. The van der Waals surface area contributed by atoms with Crippen LogP contribution in [-0.2, 0) is 6.42 Å². The molecule has 1 aliphatic heterocycles. The minimum Gasteiger partial charge on any atom is -0.396 e. The Morgan fingerprint density at radius 2 is 2.18 bits per heavy atom. The van der Waals surface area contributed by atoms with Crippen molar-refractivity contribution in [2.24, 2.45) is 5.92 Å². The molecule has 2 nitrogen and oxygen atoms in total. The maximum Gasteiger partial charge on any atom is 0.0506 e. The van der Waals surface area contributed by atoms with E-state index in [0.717, 1.165) is 6.54 Å². The number of rotatable bonds is 1. The van der Waals surface area contributed by atoms with E-state index in [1.54, 1.807) is 0 Å². The Balaban J connectivity index is 2.07. The molecule has 0 aromatic heterocycles. The first-order chi connectivity index (χ1) is 8.29. The first-order valence-corrected chi connectivity index (χ1v) is 6.40. The lowest BCUT2D eigenvalue weighted by Gasteiger charge is -2.40. The highest BCUT2D eigenvalue weighted by molar-refractivity contribution is 5.74. The summed E-state index contributed by atoms with van der Waals surface area (Å²) < 4.78 is 0. The lowest BCUT2D eigenvalue weighted by atomic mass is 9.79. The summed E-state index contributed by atoms with van der Waals surface area (Å²) in [4.78, 5) is 2.40. The smallest absolute Gasteiger partial charge is 0.0506 e. The predicted molar refractivity (Wildman–Crippen MR) is 69.7 cm³/mol. The second-order valence-electron chi connectivity index (χ2n) is 5.22. The Morgan fingerprint density at radius 3 is 3.00 bits per heavy atom. The Hall–Kier alpha value is -1.12. The van der Waals surface area contributed by atoms with Gasteiger partial charge in [-0.15, -0.1) is 0 Å². The molecule has 17 heavy (non-hydrogen) atoms. The molecule has 2 aliphatic rings. The molecule has 0 saturated carbocycles. The molecule has 0 spiro atoms. The summed E-state index contributed by atoms with van der Waals surface area (Å²) in [5, 5.41) is 9.38. The molecular weight excluding hydrogens is 210 g/mol. The highest BCUT2D eigenvalue weighted by Crippen LogP contribution is 2.37. The van der Waals surface area contributed by atoms with Crippen LogP contribution in [0.2, 0.25) is 0 Å². The van der Waals surface area contributed by atoms with Gasteiger partial charge in [0.2, 0.25) is 0 Å². The van der Waals surface area contributed by atoms with Gasteiger partial charge >= 0.3 is 0 Å². The minimum atomic E-state index is 0.253. The average Bonchev–Trinajstić information content (AvgIpc) is 2.38. The number of fused-ring (bicyclic) bond motifs is 3. The molecule has 1 heterocycles. The summed E-state index contributed by atoms with van der Waals surface area (Å²) >= 11 is 0. The molecule has 1 aromatic rings. The van der Waals surface area contributed by atoms with E-state index in [-0.39, 0.29) is 12.5 Å². The van der Waals surface area contributed by atoms with Crippen molar-refractivity contribution in [3.8, 4) is 0 Å². The summed E-state index contributed by atoms with van der Waals surface area (Å²) in [6, 6.07) is 9.24. The van der Waals surface area contributed by atoms with Crippen molar-refractivity contribution < 1.29 is 5.11 Å². The Bertz CT molecular complexity index is 452. The monoisotopic (exact) mass is 229 g/mol. The van der Waals surface area contributed by atoms with Gasteiger partial charge in [-0.3, -0.25) is 4.90 Å². The standard InChI is InChI=1S/C15H19NO/c1-16-9-11(10-17)8-14-13-5-3-2-4-12(13)6-7-15(14)16/h2-5,8,11,15,17H,6-7,9-10H2,1H3/t11-,15-/m1/s1. The molecule has 0 saturated heterocycles. The lowest BCUT2D eigenvalue weighted by Crippen LogP contribution is -2.42. The molecule has 90 valence electrons. The molecular formula is C15H19NO. The normalized spacial score (nSPS) is 28.2. The van der Waals surface area contributed by atoms with E-state index < -0.39 is 0 Å². The number of hydrogen-bond donors (Lipinski definition) is 1. The van der Waals surface area contributed by atoms with E-state index >= 15 is 0 Å². The number of hydrogen-bond acceptors (Lipinski definition) is 2. The van der Waals surface area contributed by atoms with Crippen LogP contribution in [0.5, 0.6) is 0 Å². The van der Waals surface area contributed by atoms with E-state index in [2.05, 4.69) is 42.3 Å². The molecule has 0 bridgehead atoms. The van der Waals surface area contributed by atoms with Crippen molar-refractivity contribution in [2.75, 3.05) is 20.2 Å². The second kappa shape index (κ2) is 4.28. The highest BCUT2D eigenvalue weighted by atomic mass is 16.3. The molecule has 1 aliphatic carbocycles. The van der Waals surface area contributed by atoms with Crippen LogP contribution >= 0.6 is 0 Å². The van der Waals surface area contributed by atoms with Crippen LogP contribution < -0.4 is 0 Å². The van der Waals surface area contributed by atoms with Crippen LogP contribution in [-0.4, -0.2) is 36.2 Å². The molecule has 2 heteroatoms. The first kappa shape index (κ1) is 11.0. The third kappa shape index (κ3) is 1.81. The molecule has 3 rings (SSSR count). The van der Waals surface area contributed by atoms with E-state index in [0.29, 0.717) is 6.04 Å². The van der Waals surface area contributed by atoms with Gasteiger partial charge in [-0.2, -0.15) is 0 Å². The number of benzene rings is 1. The van der Waals surface area contributed by atoms with Crippen LogP contribution in [0.25, 0.3) is 5.57 Å². The van der Waals surface area contributed by atoms with Gasteiger partial charge in [0.15, 0.2) is 0 Å². The topological polar surface area (TPSA) is 23.5 Å². The fraction of sp³-hybridized carbons (Fsp3) is 0.467. The number of nitrogens with zero attached hydrogens (tertiary/aromatic N) is 1. The van der Waals surface area contributed by atoms with Crippen molar-refractivity contribution in [1.82, 2.24) is 4.90 Å². The summed E-state index contributed by atoms with van der Waals surface area (Å²) in [5.74, 6) is 0.289. The van der Waals surface area contributed by atoms with Gasteiger partial charge in [0.05, 0.1) is 6.61 Å². The number of likely N-dealkylation sites (N-methyl/N-ethyl adjacent to an activating group) is 1. The Morgan fingerprint density at radius 1 is 1.35 bits per heavy atom. The van der Waals surface area contributed by atoms with E-state index in [9.17, 15) is 5.11 Å². The zero-order valence-corrected chi connectivity index (χ0v) is 10.3.